The lowest BCUT2D eigenvalue weighted by Crippen LogP contribution is -2.26. The standard InChI is InChI=1S/C13H18ClNO/c1-16-13-6-5-12(8-13)15-9-10-3-2-4-11(14)7-10/h2-4,7,12-13,15H,5-6,8-9H2,1H3. The van der Waals surface area contributed by atoms with Crippen LogP contribution in [0.25, 0.3) is 0 Å². The van der Waals surface area contributed by atoms with Crippen LogP contribution in [0.15, 0.2) is 24.3 Å². The van der Waals surface area contributed by atoms with Crippen LogP contribution < -0.4 is 5.32 Å². The van der Waals surface area contributed by atoms with Crippen molar-refractivity contribution in [3.05, 3.63) is 34.9 Å². The molecule has 1 fully saturated rings. The van der Waals surface area contributed by atoms with E-state index in [0.29, 0.717) is 12.1 Å². The van der Waals surface area contributed by atoms with Gasteiger partial charge in [-0.2, -0.15) is 0 Å². The Kier molecular flexibility index (Phi) is 4.22. The quantitative estimate of drug-likeness (QED) is 0.872. The third-order valence-electron chi connectivity index (χ3n) is 3.20. The van der Waals surface area contributed by atoms with E-state index in [-0.39, 0.29) is 0 Å². The molecule has 16 heavy (non-hydrogen) atoms. The van der Waals surface area contributed by atoms with Crippen molar-refractivity contribution >= 4 is 11.6 Å². The van der Waals surface area contributed by atoms with Gasteiger partial charge in [0.15, 0.2) is 0 Å². The summed E-state index contributed by atoms with van der Waals surface area (Å²) in [6.45, 7) is 0.891. The zero-order chi connectivity index (χ0) is 11.4. The number of halogens is 1. The SMILES string of the molecule is COC1CCC(NCc2cccc(Cl)c2)C1. The first kappa shape index (κ1) is 11.9. The van der Waals surface area contributed by atoms with Gasteiger partial charge < -0.3 is 10.1 Å². The van der Waals surface area contributed by atoms with E-state index in [1.165, 1.54) is 18.4 Å². The smallest absolute Gasteiger partial charge is 0.0586 e. The lowest BCUT2D eigenvalue weighted by molar-refractivity contribution is 0.107. The molecule has 0 saturated heterocycles. The number of hydrogen-bond donors (Lipinski definition) is 1. The van der Waals surface area contributed by atoms with E-state index in [1.807, 2.05) is 18.2 Å². The Morgan fingerprint density at radius 3 is 3.00 bits per heavy atom. The molecule has 0 spiro atoms. The molecule has 1 N–H and O–H groups in total. The molecular weight excluding hydrogens is 222 g/mol. The second-order valence-electron chi connectivity index (χ2n) is 4.38. The van der Waals surface area contributed by atoms with Crippen molar-refractivity contribution in [3.63, 3.8) is 0 Å². The zero-order valence-corrected chi connectivity index (χ0v) is 10.3. The largest absolute Gasteiger partial charge is 0.381 e. The van der Waals surface area contributed by atoms with Crippen molar-refractivity contribution in [1.82, 2.24) is 5.32 Å². The van der Waals surface area contributed by atoms with Crippen LogP contribution >= 0.6 is 11.6 Å². The highest BCUT2D eigenvalue weighted by atomic mass is 35.5. The predicted octanol–water partition coefficient (Wildman–Crippen LogP) is 3.00. The maximum atomic E-state index is 5.94. The van der Waals surface area contributed by atoms with Crippen molar-refractivity contribution in [2.45, 2.75) is 38.0 Å². The second kappa shape index (κ2) is 5.67. The summed E-state index contributed by atoms with van der Waals surface area (Å²) in [5, 5.41) is 4.36. The molecule has 0 aliphatic heterocycles. The van der Waals surface area contributed by atoms with Crippen LogP contribution in [0.2, 0.25) is 5.02 Å². The molecule has 2 rings (SSSR count). The van der Waals surface area contributed by atoms with Crippen molar-refractivity contribution in [2.24, 2.45) is 0 Å². The minimum Gasteiger partial charge on any atom is -0.381 e. The topological polar surface area (TPSA) is 21.3 Å². The summed E-state index contributed by atoms with van der Waals surface area (Å²) in [5.74, 6) is 0. The van der Waals surface area contributed by atoms with Crippen LogP contribution in [0, 0.1) is 0 Å². The third-order valence-corrected chi connectivity index (χ3v) is 3.44. The highest BCUT2D eigenvalue weighted by molar-refractivity contribution is 6.30. The van der Waals surface area contributed by atoms with E-state index < -0.39 is 0 Å². The van der Waals surface area contributed by atoms with E-state index in [4.69, 9.17) is 16.3 Å². The van der Waals surface area contributed by atoms with Crippen LogP contribution in [-0.2, 0) is 11.3 Å². The highest BCUT2D eigenvalue weighted by Crippen LogP contribution is 2.21. The van der Waals surface area contributed by atoms with Crippen molar-refractivity contribution in [3.8, 4) is 0 Å². The number of ether oxygens (including phenoxy) is 1. The van der Waals surface area contributed by atoms with Gasteiger partial charge in [0.2, 0.25) is 0 Å². The van der Waals surface area contributed by atoms with Crippen molar-refractivity contribution in [2.75, 3.05) is 7.11 Å². The van der Waals surface area contributed by atoms with Gasteiger partial charge in [0.05, 0.1) is 6.10 Å². The number of nitrogens with one attached hydrogen (secondary N) is 1. The fraction of sp³-hybridized carbons (Fsp3) is 0.538. The number of methoxy groups -OCH3 is 1. The molecule has 2 atom stereocenters. The van der Waals surface area contributed by atoms with Gasteiger partial charge in [0.1, 0.15) is 0 Å². The average molecular weight is 240 g/mol. The van der Waals surface area contributed by atoms with Gasteiger partial charge in [-0.3, -0.25) is 0 Å². The molecule has 1 aliphatic rings. The molecule has 1 saturated carbocycles. The summed E-state index contributed by atoms with van der Waals surface area (Å²) in [6, 6.07) is 8.59. The maximum absolute atomic E-state index is 5.94. The van der Waals surface area contributed by atoms with Gasteiger partial charge in [-0.25, -0.2) is 0 Å². The number of hydrogen-bond acceptors (Lipinski definition) is 2. The average Bonchev–Trinajstić information content (AvgIpc) is 2.74. The Hall–Kier alpha value is -0.570. The summed E-state index contributed by atoms with van der Waals surface area (Å²) in [4.78, 5) is 0. The van der Waals surface area contributed by atoms with Crippen LogP contribution in [0.5, 0.6) is 0 Å². The summed E-state index contributed by atoms with van der Waals surface area (Å²) in [5.41, 5.74) is 1.24. The Balaban J connectivity index is 1.80. The fourth-order valence-corrected chi connectivity index (χ4v) is 2.46. The van der Waals surface area contributed by atoms with E-state index in [2.05, 4.69) is 11.4 Å². The van der Waals surface area contributed by atoms with E-state index >= 15 is 0 Å². The zero-order valence-electron chi connectivity index (χ0n) is 9.58. The van der Waals surface area contributed by atoms with Gasteiger partial charge in [0, 0.05) is 24.7 Å². The molecule has 1 aromatic carbocycles. The second-order valence-corrected chi connectivity index (χ2v) is 4.81. The molecule has 2 nitrogen and oxygen atoms in total. The minimum atomic E-state index is 0.442. The summed E-state index contributed by atoms with van der Waals surface area (Å²) in [6.07, 6.45) is 3.94. The molecule has 0 radical (unpaired) electrons. The van der Waals surface area contributed by atoms with Crippen LogP contribution in [-0.4, -0.2) is 19.3 Å². The van der Waals surface area contributed by atoms with Crippen LogP contribution in [0.1, 0.15) is 24.8 Å². The van der Waals surface area contributed by atoms with E-state index in [9.17, 15) is 0 Å². The summed E-state index contributed by atoms with van der Waals surface area (Å²) < 4.78 is 5.35. The van der Waals surface area contributed by atoms with E-state index in [0.717, 1.165) is 18.0 Å². The van der Waals surface area contributed by atoms with Gasteiger partial charge in [-0.15, -0.1) is 0 Å². The minimum absolute atomic E-state index is 0.442. The molecule has 3 heteroatoms. The molecule has 1 aromatic rings. The Morgan fingerprint density at radius 1 is 1.44 bits per heavy atom. The van der Waals surface area contributed by atoms with Gasteiger partial charge >= 0.3 is 0 Å². The molecule has 0 aromatic heterocycles. The van der Waals surface area contributed by atoms with Crippen LogP contribution in [0.3, 0.4) is 0 Å². The predicted molar refractivity (Wildman–Crippen MR) is 66.7 cm³/mol. The normalized spacial score (nSPS) is 24.9. The van der Waals surface area contributed by atoms with Gasteiger partial charge in [0.25, 0.3) is 0 Å². The monoisotopic (exact) mass is 239 g/mol. The molecule has 0 bridgehead atoms. The molecule has 0 heterocycles. The Labute approximate surface area is 102 Å². The number of rotatable bonds is 4. The molecular formula is C13H18ClNO. The van der Waals surface area contributed by atoms with Gasteiger partial charge in [-0.1, -0.05) is 23.7 Å². The van der Waals surface area contributed by atoms with Crippen molar-refractivity contribution < 1.29 is 4.74 Å². The third kappa shape index (κ3) is 3.21. The highest BCUT2D eigenvalue weighted by Gasteiger charge is 2.23. The summed E-state index contributed by atoms with van der Waals surface area (Å²) in [7, 11) is 1.80. The maximum Gasteiger partial charge on any atom is 0.0586 e. The lowest BCUT2D eigenvalue weighted by atomic mass is 10.2. The first-order valence-corrected chi connectivity index (χ1v) is 6.16. The molecule has 1 aliphatic carbocycles. The molecule has 0 amide bonds. The van der Waals surface area contributed by atoms with Gasteiger partial charge in [-0.05, 0) is 37.0 Å². The molecule has 2 unspecified atom stereocenters. The Bertz CT molecular complexity index is 342. The first-order valence-electron chi connectivity index (χ1n) is 5.78. The lowest BCUT2D eigenvalue weighted by Gasteiger charge is -2.12. The van der Waals surface area contributed by atoms with E-state index in [1.54, 1.807) is 7.11 Å². The first-order chi connectivity index (χ1) is 7.78. The summed E-state index contributed by atoms with van der Waals surface area (Å²) >= 11 is 5.94. The Morgan fingerprint density at radius 2 is 2.31 bits per heavy atom. The van der Waals surface area contributed by atoms with Crippen molar-refractivity contribution in [1.29, 1.82) is 0 Å². The number of benzene rings is 1. The van der Waals surface area contributed by atoms with Crippen LogP contribution in [0.4, 0.5) is 0 Å². The molecule has 88 valence electrons. The fourth-order valence-electron chi connectivity index (χ4n) is 2.25.